The normalized spacial score (nSPS) is 12.2. The number of ether oxygens (including phenoxy) is 1. The number of nitrogens with two attached hydrogens (primary N) is 1. The van der Waals surface area contributed by atoms with Crippen molar-refractivity contribution in [1.29, 1.82) is 0 Å². The van der Waals surface area contributed by atoms with E-state index in [2.05, 4.69) is 5.32 Å². The van der Waals surface area contributed by atoms with Crippen LogP contribution in [-0.2, 0) is 0 Å². The molecule has 21 heavy (non-hydrogen) atoms. The van der Waals surface area contributed by atoms with Gasteiger partial charge in [-0.1, -0.05) is 38.1 Å². The summed E-state index contributed by atoms with van der Waals surface area (Å²) in [6.07, 6.45) is -0.534. The number of benzene rings is 2. The predicted molar refractivity (Wildman–Crippen MR) is 90.2 cm³/mol. The molecule has 116 valence electrons. The number of rotatable bonds is 6. The SMILES string of the molecule is CC(C)NCC(O)COc1ccc(N)c2ccccc12.Cl. The van der Waals surface area contributed by atoms with Crippen LogP contribution in [0.4, 0.5) is 5.69 Å². The molecule has 0 aromatic heterocycles. The summed E-state index contributed by atoms with van der Waals surface area (Å²) in [5, 5.41) is 15.0. The highest BCUT2D eigenvalue weighted by molar-refractivity contribution is 5.96. The van der Waals surface area contributed by atoms with Crippen molar-refractivity contribution in [3.63, 3.8) is 0 Å². The number of hydrogen-bond donors (Lipinski definition) is 3. The molecule has 2 aromatic rings. The Morgan fingerprint density at radius 1 is 1.14 bits per heavy atom. The Balaban J connectivity index is 0.00000220. The van der Waals surface area contributed by atoms with Gasteiger partial charge in [0.1, 0.15) is 18.5 Å². The molecule has 0 saturated heterocycles. The number of nitrogens with one attached hydrogen (secondary N) is 1. The number of aliphatic hydroxyl groups is 1. The Morgan fingerprint density at radius 2 is 1.81 bits per heavy atom. The quantitative estimate of drug-likeness (QED) is 0.717. The molecule has 2 aromatic carbocycles. The van der Waals surface area contributed by atoms with E-state index >= 15 is 0 Å². The van der Waals surface area contributed by atoms with Crippen LogP contribution in [0, 0.1) is 0 Å². The van der Waals surface area contributed by atoms with Crippen molar-refractivity contribution in [1.82, 2.24) is 5.32 Å². The standard InChI is InChI=1S/C16H22N2O2.ClH/c1-11(2)18-9-12(19)10-20-16-8-7-15(17)13-5-3-4-6-14(13)16;/h3-8,11-12,18-19H,9-10,17H2,1-2H3;1H. The van der Waals surface area contributed by atoms with E-state index in [1.807, 2.05) is 50.2 Å². The lowest BCUT2D eigenvalue weighted by atomic mass is 10.1. The molecule has 0 radical (unpaired) electrons. The second-order valence-electron chi connectivity index (χ2n) is 5.23. The zero-order valence-corrected chi connectivity index (χ0v) is 13.2. The van der Waals surface area contributed by atoms with Gasteiger partial charge in [0.2, 0.25) is 0 Å². The lowest BCUT2D eigenvalue weighted by molar-refractivity contribution is 0.105. The second-order valence-corrected chi connectivity index (χ2v) is 5.23. The average Bonchev–Trinajstić information content (AvgIpc) is 2.45. The van der Waals surface area contributed by atoms with E-state index in [4.69, 9.17) is 10.5 Å². The van der Waals surface area contributed by atoms with Crippen LogP contribution in [0.25, 0.3) is 10.8 Å². The number of nitrogen functional groups attached to an aromatic ring is 1. The van der Waals surface area contributed by atoms with E-state index in [1.54, 1.807) is 0 Å². The van der Waals surface area contributed by atoms with Gasteiger partial charge in [-0.2, -0.15) is 0 Å². The molecule has 0 spiro atoms. The Labute approximate surface area is 131 Å². The number of hydrogen-bond acceptors (Lipinski definition) is 4. The van der Waals surface area contributed by atoms with Crippen LogP contribution in [0.1, 0.15) is 13.8 Å². The molecule has 0 aliphatic heterocycles. The third kappa shape index (κ3) is 4.77. The summed E-state index contributed by atoms with van der Waals surface area (Å²) < 4.78 is 5.72. The summed E-state index contributed by atoms with van der Waals surface area (Å²) in [7, 11) is 0. The highest BCUT2D eigenvalue weighted by atomic mass is 35.5. The van der Waals surface area contributed by atoms with Crippen molar-refractivity contribution in [3.8, 4) is 5.75 Å². The van der Waals surface area contributed by atoms with Crippen LogP contribution in [-0.4, -0.2) is 30.4 Å². The number of anilines is 1. The zero-order chi connectivity index (χ0) is 14.5. The van der Waals surface area contributed by atoms with Crippen molar-refractivity contribution < 1.29 is 9.84 Å². The fourth-order valence-corrected chi connectivity index (χ4v) is 2.04. The second kappa shape index (κ2) is 8.08. The van der Waals surface area contributed by atoms with Gasteiger partial charge < -0.3 is 20.9 Å². The third-order valence-electron chi connectivity index (χ3n) is 3.11. The van der Waals surface area contributed by atoms with E-state index < -0.39 is 6.10 Å². The first kappa shape index (κ1) is 17.6. The summed E-state index contributed by atoms with van der Waals surface area (Å²) in [5.41, 5.74) is 6.68. The predicted octanol–water partition coefficient (Wildman–Crippen LogP) is 2.58. The van der Waals surface area contributed by atoms with Crippen LogP contribution < -0.4 is 15.8 Å². The van der Waals surface area contributed by atoms with Crippen LogP contribution >= 0.6 is 12.4 Å². The van der Waals surface area contributed by atoms with Gasteiger partial charge in [-0.15, -0.1) is 12.4 Å². The largest absolute Gasteiger partial charge is 0.490 e. The minimum atomic E-state index is -0.534. The first-order chi connectivity index (χ1) is 9.58. The van der Waals surface area contributed by atoms with Gasteiger partial charge in [-0.25, -0.2) is 0 Å². The smallest absolute Gasteiger partial charge is 0.127 e. The number of aliphatic hydroxyl groups excluding tert-OH is 1. The molecule has 0 saturated carbocycles. The van der Waals surface area contributed by atoms with Crippen LogP contribution in [0.3, 0.4) is 0 Å². The maximum absolute atomic E-state index is 9.87. The first-order valence-corrected chi connectivity index (χ1v) is 6.89. The van der Waals surface area contributed by atoms with Gasteiger partial charge in [0.15, 0.2) is 0 Å². The summed E-state index contributed by atoms with van der Waals surface area (Å²) in [5.74, 6) is 0.749. The topological polar surface area (TPSA) is 67.5 Å². The Hall–Kier alpha value is -1.49. The Morgan fingerprint density at radius 3 is 2.48 bits per heavy atom. The van der Waals surface area contributed by atoms with Crippen molar-refractivity contribution in [3.05, 3.63) is 36.4 Å². The summed E-state index contributed by atoms with van der Waals surface area (Å²) >= 11 is 0. The molecular weight excluding hydrogens is 288 g/mol. The van der Waals surface area contributed by atoms with Gasteiger partial charge in [0, 0.05) is 29.0 Å². The van der Waals surface area contributed by atoms with Crippen molar-refractivity contribution in [2.24, 2.45) is 0 Å². The maximum atomic E-state index is 9.87. The van der Waals surface area contributed by atoms with Crippen molar-refractivity contribution >= 4 is 28.9 Å². The molecule has 4 nitrogen and oxygen atoms in total. The van der Waals surface area contributed by atoms with Gasteiger partial charge in [-0.3, -0.25) is 0 Å². The molecule has 1 unspecified atom stereocenters. The molecule has 0 aliphatic carbocycles. The zero-order valence-electron chi connectivity index (χ0n) is 12.4. The van der Waals surface area contributed by atoms with Crippen molar-refractivity contribution in [2.75, 3.05) is 18.9 Å². The van der Waals surface area contributed by atoms with Crippen LogP contribution in [0.2, 0.25) is 0 Å². The molecule has 0 bridgehead atoms. The van der Waals surface area contributed by atoms with Gasteiger partial charge in [-0.05, 0) is 12.1 Å². The van der Waals surface area contributed by atoms with Gasteiger partial charge in [0.05, 0.1) is 0 Å². The monoisotopic (exact) mass is 310 g/mol. The van der Waals surface area contributed by atoms with Gasteiger partial charge >= 0.3 is 0 Å². The molecule has 0 amide bonds. The fourth-order valence-electron chi connectivity index (χ4n) is 2.04. The Bertz CT molecular complexity index is 575. The molecular formula is C16H23ClN2O2. The molecule has 0 aliphatic rings. The highest BCUT2D eigenvalue weighted by Crippen LogP contribution is 2.29. The van der Waals surface area contributed by atoms with E-state index in [0.29, 0.717) is 12.6 Å². The highest BCUT2D eigenvalue weighted by Gasteiger charge is 2.09. The summed E-state index contributed by atoms with van der Waals surface area (Å²) in [4.78, 5) is 0. The third-order valence-corrected chi connectivity index (χ3v) is 3.11. The van der Waals surface area contributed by atoms with E-state index in [1.165, 1.54) is 0 Å². The lowest BCUT2D eigenvalue weighted by Gasteiger charge is -2.16. The van der Waals surface area contributed by atoms with Crippen LogP contribution in [0.5, 0.6) is 5.75 Å². The molecule has 0 heterocycles. The first-order valence-electron chi connectivity index (χ1n) is 6.89. The summed E-state index contributed by atoms with van der Waals surface area (Å²) in [6, 6.07) is 11.9. The van der Waals surface area contributed by atoms with Crippen LogP contribution in [0.15, 0.2) is 36.4 Å². The lowest BCUT2D eigenvalue weighted by Crippen LogP contribution is -2.35. The molecule has 1 atom stereocenters. The molecule has 4 N–H and O–H groups in total. The van der Waals surface area contributed by atoms with Gasteiger partial charge in [0.25, 0.3) is 0 Å². The van der Waals surface area contributed by atoms with E-state index in [0.717, 1.165) is 22.2 Å². The summed E-state index contributed by atoms with van der Waals surface area (Å²) in [6.45, 7) is 4.86. The minimum Gasteiger partial charge on any atom is -0.490 e. The van der Waals surface area contributed by atoms with E-state index in [-0.39, 0.29) is 19.0 Å². The number of halogens is 1. The minimum absolute atomic E-state index is 0. The van der Waals surface area contributed by atoms with Crippen molar-refractivity contribution in [2.45, 2.75) is 26.0 Å². The maximum Gasteiger partial charge on any atom is 0.127 e. The molecule has 2 rings (SSSR count). The molecule has 5 heteroatoms. The average molecular weight is 311 g/mol. The van der Waals surface area contributed by atoms with E-state index in [9.17, 15) is 5.11 Å². The number of fused-ring (bicyclic) bond motifs is 1. The molecule has 0 fully saturated rings. The Kier molecular flexibility index (Phi) is 6.75. The fraction of sp³-hybridized carbons (Fsp3) is 0.375.